The van der Waals surface area contributed by atoms with Gasteiger partial charge in [0.25, 0.3) is 0 Å². The van der Waals surface area contributed by atoms with Crippen LogP contribution in [-0.4, -0.2) is 31.1 Å². The minimum absolute atomic E-state index is 0.117. The number of nitrogens with one attached hydrogen (secondary N) is 2. The van der Waals surface area contributed by atoms with E-state index in [-0.39, 0.29) is 6.61 Å². The third kappa shape index (κ3) is 2.60. The molecule has 2 aromatic heterocycles. The smallest absolute Gasteiger partial charge is 0.183 e. The summed E-state index contributed by atoms with van der Waals surface area (Å²) in [6, 6.07) is 0.384. The van der Waals surface area contributed by atoms with E-state index >= 15 is 0 Å². The zero-order chi connectivity index (χ0) is 13.9. The molecule has 0 aliphatic heterocycles. The Bertz CT molecular complexity index is 576. The number of hydrogen-bond donors (Lipinski definition) is 3. The van der Waals surface area contributed by atoms with Crippen molar-refractivity contribution in [2.75, 3.05) is 5.32 Å². The van der Waals surface area contributed by atoms with Crippen LogP contribution >= 0.6 is 0 Å². The van der Waals surface area contributed by atoms with Crippen molar-refractivity contribution < 1.29 is 5.11 Å². The van der Waals surface area contributed by atoms with Gasteiger partial charge in [-0.2, -0.15) is 0 Å². The second-order valence-corrected chi connectivity index (χ2v) is 5.59. The molecule has 0 saturated heterocycles. The van der Waals surface area contributed by atoms with Gasteiger partial charge in [0.05, 0.1) is 0 Å². The molecule has 108 valence electrons. The Balaban J connectivity index is 1.80. The van der Waals surface area contributed by atoms with Gasteiger partial charge in [0, 0.05) is 6.04 Å². The van der Waals surface area contributed by atoms with Crippen LogP contribution in [-0.2, 0) is 6.61 Å². The summed E-state index contributed by atoms with van der Waals surface area (Å²) in [5, 5.41) is 12.6. The minimum Gasteiger partial charge on any atom is -0.388 e. The summed E-state index contributed by atoms with van der Waals surface area (Å²) in [4.78, 5) is 15.7. The monoisotopic (exact) mass is 275 g/mol. The molecule has 20 heavy (non-hydrogen) atoms. The Morgan fingerprint density at radius 3 is 2.90 bits per heavy atom. The Hall–Kier alpha value is -1.69. The molecule has 2 heterocycles. The normalized spacial score (nSPS) is 18.3. The number of aliphatic hydroxyl groups excluding tert-OH is 1. The molecule has 6 nitrogen and oxygen atoms in total. The van der Waals surface area contributed by atoms with Crippen molar-refractivity contribution in [2.24, 2.45) is 5.92 Å². The van der Waals surface area contributed by atoms with Crippen LogP contribution in [0.25, 0.3) is 11.2 Å². The summed E-state index contributed by atoms with van der Waals surface area (Å²) >= 11 is 0. The predicted octanol–water partition coefficient (Wildman–Crippen LogP) is 2.23. The molecule has 0 radical (unpaired) electrons. The van der Waals surface area contributed by atoms with Crippen molar-refractivity contribution in [3.8, 4) is 0 Å². The van der Waals surface area contributed by atoms with Crippen molar-refractivity contribution in [1.82, 2.24) is 19.9 Å². The molecule has 0 amide bonds. The van der Waals surface area contributed by atoms with E-state index in [1.54, 1.807) is 0 Å². The van der Waals surface area contributed by atoms with Gasteiger partial charge in [0.15, 0.2) is 11.5 Å². The number of rotatable bonds is 4. The van der Waals surface area contributed by atoms with Gasteiger partial charge in [-0.1, -0.05) is 19.3 Å². The molecule has 1 unspecified atom stereocenters. The summed E-state index contributed by atoms with van der Waals surface area (Å²) in [7, 11) is 0. The number of fused-ring (bicyclic) bond motifs is 1. The summed E-state index contributed by atoms with van der Waals surface area (Å²) in [5.41, 5.74) is 1.38. The van der Waals surface area contributed by atoms with E-state index in [2.05, 4.69) is 32.2 Å². The number of aliphatic hydroxyl groups is 1. The van der Waals surface area contributed by atoms with E-state index in [0.717, 1.165) is 11.3 Å². The van der Waals surface area contributed by atoms with Crippen LogP contribution in [0.1, 0.15) is 44.9 Å². The molecule has 3 N–H and O–H groups in total. The van der Waals surface area contributed by atoms with Crippen LogP contribution < -0.4 is 5.32 Å². The fraction of sp³-hybridized carbons (Fsp3) is 0.643. The van der Waals surface area contributed by atoms with Crippen LogP contribution in [0.4, 0.5) is 5.82 Å². The van der Waals surface area contributed by atoms with Gasteiger partial charge in [-0.3, -0.25) is 0 Å². The highest BCUT2D eigenvalue weighted by molar-refractivity contribution is 5.82. The zero-order valence-corrected chi connectivity index (χ0v) is 11.8. The number of anilines is 1. The largest absolute Gasteiger partial charge is 0.388 e. The lowest BCUT2D eigenvalue weighted by Gasteiger charge is -2.28. The zero-order valence-electron chi connectivity index (χ0n) is 11.8. The summed E-state index contributed by atoms with van der Waals surface area (Å²) in [6.45, 7) is 2.10. The summed E-state index contributed by atoms with van der Waals surface area (Å²) in [6.07, 6.45) is 8.10. The summed E-state index contributed by atoms with van der Waals surface area (Å²) < 4.78 is 0. The first-order valence-electron chi connectivity index (χ1n) is 7.35. The number of aromatic amines is 1. The van der Waals surface area contributed by atoms with E-state index in [1.807, 2.05) is 0 Å². The average Bonchev–Trinajstić information content (AvgIpc) is 2.92. The molecule has 1 atom stereocenters. The highest BCUT2D eigenvalue weighted by Gasteiger charge is 2.21. The Labute approximate surface area is 118 Å². The van der Waals surface area contributed by atoms with Crippen molar-refractivity contribution in [3.63, 3.8) is 0 Å². The lowest BCUT2D eigenvalue weighted by atomic mass is 9.84. The number of imidazole rings is 1. The molecule has 1 aliphatic carbocycles. The first-order valence-corrected chi connectivity index (χ1v) is 7.35. The van der Waals surface area contributed by atoms with Gasteiger partial charge < -0.3 is 15.4 Å². The third-order valence-corrected chi connectivity index (χ3v) is 4.21. The number of aromatic nitrogens is 4. The van der Waals surface area contributed by atoms with Crippen LogP contribution in [0, 0.1) is 5.92 Å². The van der Waals surface area contributed by atoms with Gasteiger partial charge in [-0.25, -0.2) is 15.0 Å². The topological polar surface area (TPSA) is 86.7 Å². The van der Waals surface area contributed by atoms with Crippen LogP contribution in [0.3, 0.4) is 0 Å². The first-order chi connectivity index (χ1) is 9.78. The molecule has 3 rings (SSSR count). The fourth-order valence-corrected chi connectivity index (χ4v) is 3.03. The van der Waals surface area contributed by atoms with Gasteiger partial charge in [0.2, 0.25) is 0 Å². The summed E-state index contributed by atoms with van der Waals surface area (Å²) in [5.74, 6) is 2.00. The second kappa shape index (κ2) is 5.75. The highest BCUT2D eigenvalue weighted by Crippen LogP contribution is 2.28. The average molecular weight is 275 g/mol. The standard InChI is InChI=1S/C14H21N5O/c1-9(10-5-3-2-4-6-10)17-13-12-14(16-8-15-13)19-11(7-20)18-12/h8-10,20H,2-7H2,1H3,(H2,15,16,17,18,19). The Morgan fingerprint density at radius 2 is 2.15 bits per heavy atom. The molecule has 0 bridgehead atoms. The first kappa shape index (κ1) is 13.3. The highest BCUT2D eigenvalue weighted by atomic mass is 16.3. The van der Waals surface area contributed by atoms with E-state index in [4.69, 9.17) is 5.11 Å². The lowest BCUT2D eigenvalue weighted by Crippen LogP contribution is -2.28. The van der Waals surface area contributed by atoms with E-state index < -0.39 is 0 Å². The van der Waals surface area contributed by atoms with Crippen LogP contribution in [0.15, 0.2) is 6.33 Å². The van der Waals surface area contributed by atoms with Gasteiger partial charge in [0.1, 0.15) is 24.3 Å². The Morgan fingerprint density at radius 1 is 1.35 bits per heavy atom. The maximum absolute atomic E-state index is 9.15. The van der Waals surface area contributed by atoms with E-state index in [9.17, 15) is 0 Å². The maximum Gasteiger partial charge on any atom is 0.183 e. The van der Waals surface area contributed by atoms with Gasteiger partial charge in [-0.15, -0.1) is 0 Å². The molecule has 1 saturated carbocycles. The fourth-order valence-electron chi connectivity index (χ4n) is 3.03. The van der Waals surface area contributed by atoms with Crippen molar-refractivity contribution >= 4 is 17.0 Å². The molecule has 0 spiro atoms. The third-order valence-electron chi connectivity index (χ3n) is 4.21. The second-order valence-electron chi connectivity index (χ2n) is 5.59. The van der Waals surface area contributed by atoms with E-state index in [0.29, 0.717) is 23.4 Å². The van der Waals surface area contributed by atoms with E-state index in [1.165, 1.54) is 38.4 Å². The van der Waals surface area contributed by atoms with Crippen molar-refractivity contribution in [3.05, 3.63) is 12.2 Å². The number of H-pyrrole nitrogens is 1. The molecular weight excluding hydrogens is 254 g/mol. The number of nitrogens with zero attached hydrogens (tertiary/aromatic N) is 3. The SMILES string of the molecule is CC(Nc1ncnc2nc(CO)[nH]c12)C1CCCCC1. The van der Waals surface area contributed by atoms with Crippen LogP contribution in [0.5, 0.6) is 0 Å². The van der Waals surface area contributed by atoms with Gasteiger partial charge >= 0.3 is 0 Å². The molecule has 0 aromatic carbocycles. The molecular formula is C14H21N5O. The molecule has 2 aromatic rings. The molecule has 1 fully saturated rings. The predicted molar refractivity (Wildman–Crippen MR) is 77.3 cm³/mol. The molecule has 1 aliphatic rings. The maximum atomic E-state index is 9.15. The lowest BCUT2D eigenvalue weighted by molar-refractivity contribution is 0.273. The van der Waals surface area contributed by atoms with Crippen LogP contribution in [0.2, 0.25) is 0 Å². The Kier molecular flexibility index (Phi) is 3.82. The molecule has 6 heteroatoms. The van der Waals surface area contributed by atoms with Gasteiger partial charge in [-0.05, 0) is 25.7 Å². The quantitative estimate of drug-likeness (QED) is 0.796. The number of hydrogen-bond acceptors (Lipinski definition) is 5. The van der Waals surface area contributed by atoms with Crippen molar-refractivity contribution in [2.45, 2.75) is 51.7 Å². The van der Waals surface area contributed by atoms with Crippen molar-refractivity contribution in [1.29, 1.82) is 0 Å². The minimum atomic E-state index is -0.117.